The Bertz CT molecular complexity index is 1390. The maximum atomic E-state index is 13.4. The first-order valence-electron chi connectivity index (χ1n) is 10.9. The van der Waals surface area contributed by atoms with E-state index in [4.69, 9.17) is 26.2 Å². The lowest BCUT2D eigenvalue weighted by atomic mass is 9.98. The minimum absolute atomic E-state index is 0.177. The Labute approximate surface area is 206 Å². The first-order valence-corrected chi connectivity index (χ1v) is 12.2. The van der Waals surface area contributed by atoms with Crippen LogP contribution in [0.1, 0.15) is 40.9 Å². The fourth-order valence-electron chi connectivity index (χ4n) is 4.07. The summed E-state index contributed by atoms with van der Waals surface area (Å²) in [7, 11) is 1.63. The van der Waals surface area contributed by atoms with Crippen molar-refractivity contribution in [2.24, 2.45) is 5.10 Å². The molecule has 0 radical (unpaired) electrons. The minimum Gasteiger partial charge on any atom is -0.497 e. The van der Waals surface area contributed by atoms with E-state index in [2.05, 4.69) is 4.98 Å². The van der Waals surface area contributed by atoms with Crippen molar-refractivity contribution >= 4 is 45.5 Å². The number of methoxy groups -OCH3 is 1. The average molecular weight is 492 g/mol. The lowest BCUT2D eigenvalue weighted by Crippen LogP contribution is -2.27. The predicted molar refractivity (Wildman–Crippen MR) is 135 cm³/mol. The lowest BCUT2D eigenvalue weighted by Gasteiger charge is -2.22. The summed E-state index contributed by atoms with van der Waals surface area (Å²) in [6.45, 7) is 2.52. The van der Waals surface area contributed by atoms with Crippen LogP contribution in [-0.2, 0) is 0 Å². The summed E-state index contributed by atoms with van der Waals surface area (Å²) in [6.07, 6.45) is 0.501. The molecule has 6 nitrogen and oxygen atoms in total. The molecule has 1 unspecified atom stereocenters. The highest BCUT2D eigenvalue weighted by Gasteiger charge is 2.35. The van der Waals surface area contributed by atoms with Gasteiger partial charge in [0.25, 0.3) is 5.91 Å². The Morgan fingerprint density at radius 1 is 1.18 bits per heavy atom. The Kier molecular flexibility index (Phi) is 6.22. The van der Waals surface area contributed by atoms with E-state index < -0.39 is 6.04 Å². The molecule has 1 aliphatic rings. The molecule has 1 amide bonds. The zero-order valence-electron chi connectivity index (χ0n) is 18.7. The third kappa shape index (κ3) is 4.24. The van der Waals surface area contributed by atoms with E-state index in [0.717, 1.165) is 39.2 Å². The van der Waals surface area contributed by atoms with Crippen molar-refractivity contribution in [3.63, 3.8) is 0 Å². The molecule has 0 aliphatic carbocycles. The van der Waals surface area contributed by atoms with Crippen LogP contribution in [0.3, 0.4) is 0 Å². The number of hydrogen-bond acceptors (Lipinski definition) is 6. The molecule has 5 rings (SSSR count). The minimum atomic E-state index is -0.395. The van der Waals surface area contributed by atoms with Crippen molar-refractivity contribution in [2.75, 3.05) is 13.7 Å². The second kappa shape index (κ2) is 9.44. The predicted octanol–water partition coefficient (Wildman–Crippen LogP) is 6.35. The maximum absolute atomic E-state index is 13.4. The largest absolute Gasteiger partial charge is 0.497 e. The van der Waals surface area contributed by atoms with Gasteiger partial charge in [0.2, 0.25) is 0 Å². The Morgan fingerprint density at radius 2 is 2.06 bits per heavy atom. The molecule has 2 aromatic carbocycles. The molecular weight excluding hydrogens is 470 g/mol. The van der Waals surface area contributed by atoms with E-state index in [9.17, 15) is 4.79 Å². The van der Waals surface area contributed by atoms with Crippen LogP contribution < -0.4 is 9.47 Å². The number of rotatable bonds is 6. The van der Waals surface area contributed by atoms with E-state index in [0.29, 0.717) is 23.7 Å². The quantitative estimate of drug-likeness (QED) is 0.295. The Balaban J connectivity index is 1.59. The lowest BCUT2D eigenvalue weighted by molar-refractivity contribution is 0.0711. The molecule has 3 heterocycles. The normalized spacial score (nSPS) is 15.4. The second-order valence-electron chi connectivity index (χ2n) is 7.82. The average Bonchev–Trinajstić information content (AvgIpc) is 3.54. The number of nitrogens with zero attached hydrogens (tertiary/aromatic N) is 3. The molecule has 1 aliphatic heterocycles. The van der Waals surface area contributed by atoms with Crippen LogP contribution in [0.25, 0.3) is 10.9 Å². The van der Waals surface area contributed by atoms with Gasteiger partial charge in [0, 0.05) is 28.3 Å². The molecule has 172 valence electrons. The maximum Gasteiger partial charge on any atom is 0.275 e. The third-order valence-electron chi connectivity index (χ3n) is 5.73. The smallest absolute Gasteiger partial charge is 0.275 e. The number of thiophene rings is 1. The number of halogens is 1. The molecule has 0 bridgehead atoms. The summed E-state index contributed by atoms with van der Waals surface area (Å²) < 4.78 is 11.0. The summed E-state index contributed by atoms with van der Waals surface area (Å²) in [6, 6.07) is 16.8. The van der Waals surface area contributed by atoms with E-state index in [-0.39, 0.29) is 5.91 Å². The number of carbonyl (C=O) groups excluding carboxylic acids is 1. The number of fused-ring (bicyclic) bond motifs is 1. The van der Waals surface area contributed by atoms with Crippen molar-refractivity contribution < 1.29 is 14.3 Å². The molecule has 0 fully saturated rings. The van der Waals surface area contributed by atoms with Gasteiger partial charge in [0.15, 0.2) is 0 Å². The molecule has 0 spiro atoms. The Morgan fingerprint density at radius 3 is 2.82 bits per heavy atom. The summed E-state index contributed by atoms with van der Waals surface area (Å²) >= 11 is 8.14. The van der Waals surface area contributed by atoms with E-state index in [1.807, 2.05) is 66.2 Å². The van der Waals surface area contributed by atoms with Crippen LogP contribution in [0, 0.1) is 0 Å². The zero-order chi connectivity index (χ0) is 23.7. The van der Waals surface area contributed by atoms with Gasteiger partial charge in [-0.15, -0.1) is 0 Å². The molecular formula is C26H22ClN3O3S. The van der Waals surface area contributed by atoms with Crippen molar-refractivity contribution in [2.45, 2.75) is 19.4 Å². The number of benzene rings is 2. The first kappa shape index (κ1) is 22.4. The van der Waals surface area contributed by atoms with Crippen LogP contribution in [0.5, 0.6) is 11.5 Å². The summed E-state index contributed by atoms with van der Waals surface area (Å²) in [5, 5.41) is 11.2. The third-order valence-corrected chi connectivity index (χ3v) is 6.71. The van der Waals surface area contributed by atoms with E-state index in [1.54, 1.807) is 13.2 Å². The summed E-state index contributed by atoms with van der Waals surface area (Å²) in [5.41, 5.74) is 3.78. The second-order valence-corrected chi connectivity index (χ2v) is 8.95. The van der Waals surface area contributed by atoms with Crippen LogP contribution in [0.4, 0.5) is 0 Å². The molecule has 8 heteroatoms. The van der Waals surface area contributed by atoms with Gasteiger partial charge in [-0.05, 0) is 54.8 Å². The van der Waals surface area contributed by atoms with Gasteiger partial charge in [0.1, 0.15) is 16.7 Å². The van der Waals surface area contributed by atoms with Gasteiger partial charge >= 0.3 is 0 Å². The van der Waals surface area contributed by atoms with Crippen LogP contribution in [-0.4, -0.2) is 35.3 Å². The summed E-state index contributed by atoms with van der Waals surface area (Å²) in [4.78, 5) is 18.0. The van der Waals surface area contributed by atoms with Gasteiger partial charge in [-0.1, -0.05) is 23.7 Å². The van der Waals surface area contributed by atoms with Gasteiger partial charge in [-0.25, -0.2) is 9.99 Å². The van der Waals surface area contributed by atoms with Crippen LogP contribution >= 0.6 is 22.9 Å². The summed E-state index contributed by atoms with van der Waals surface area (Å²) in [5.74, 6) is 1.31. The van der Waals surface area contributed by atoms with Crippen molar-refractivity contribution in [1.29, 1.82) is 0 Å². The fraction of sp³-hybridized carbons (Fsp3) is 0.192. The van der Waals surface area contributed by atoms with Crippen molar-refractivity contribution in [1.82, 2.24) is 9.99 Å². The van der Waals surface area contributed by atoms with Gasteiger partial charge in [0.05, 0.1) is 36.6 Å². The molecule has 0 N–H and O–H groups in total. The SMILES string of the molecule is CCOc1ccc2nc(Cl)c(C3CC(c4cccc(OC)c4)=NN3C(=O)c3ccsc3)cc2c1. The highest BCUT2D eigenvalue weighted by molar-refractivity contribution is 7.08. The van der Waals surface area contributed by atoms with Crippen molar-refractivity contribution in [3.05, 3.63) is 87.2 Å². The molecule has 0 saturated carbocycles. The highest BCUT2D eigenvalue weighted by atomic mass is 35.5. The molecule has 2 aromatic heterocycles. The molecule has 4 aromatic rings. The number of aromatic nitrogens is 1. The number of ether oxygens (including phenoxy) is 2. The number of pyridine rings is 1. The van der Waals surface area contributed by atoms with E-state index in [1.165, 1.54) is 16.3 Å². The van der Waals surface area contributed by atoms with Crippen LogP contribution in [0.2, 0.25) is 5.15 Å². The standard InChI is InChI=1S/C26H22ClN3O3S/c1-3-33-20-7-8-22-18(12-20)13-21(25(27)28-22)24-14-23(16-5-4-6-19(11-16)32-2)29-30(24)26(31)17-9-10-34-15-17/h4-13,15,24H,3,14H2,1-2H3. The monoisotopic (exact) mass is 491 g/mol. The zero-order valence-corrected chi connectivity index (χ0v) is 20.3. The van der Waals surface area contributed by atoms with Crippen molar-refractivity contribution in [3.8, 4) is 11.5 Å². The topological polar surface area (TPSA) is 64.0 Å². The Hall–Kier alpha value is -3.42. The fourth-order valence-corrected chi connectivity index (χ4v) is 4.97. The van der Waals surface area contributed by atoms with Gasteiger partial charge < -0.3 is 9.47 Å². The number of carbonyl (C=O) groups is 1. The number of hydrazone groups is 1. The molecule has 0 saturated heterocycles. The first-order chi connectivity index (χ1) is 16.6. The van der Waals surface area contributed by atoms with Crippen LogP contribution in [0.15, 0.2) is 70.5 Å². The number of hydrogen-bond donors (Lipinski definition) is 0. The highest BCUT2D eigenvalue weighted by Crippen LogP contribution is 2.39. The molecule has 1 atom stereocenters. The van der Waals surface area contributed by atoms with Gasteiger partial charge in [-0.3, -0.25) is 4.79 Å². The van der Waals surface area contributed by atoms with Gasteiger partial charge in [-0.2, -0.15) is 16.4 Å². The number of amides is 1. The molecule has 34 heavy (non-hydrogen) atoms. The van der Waals surface area contributed by atoms with E-state index >= 15 is 0 Å².